The predicted molar refractivity (Wildman–Crippen MR) is 77.7 cm³/mol. The van der Waals surface area contributed by atoms with Crippen molar-refractivity contribution in [1.29, 1.82) is 0 Å². The SMILES string of the molecule is CCC(CN)CCCNC1Cc2ccccc2C1. The van der Waals surface area contributed by atoms with E-state index < -0.39 is 0 Å². The highest BCUT2D eigenvalue weighted by Gasteiger charge is 2.19. The zero-order chi connectivity index (χ0) is 12.8. The summed E-state index contributed by atoms with van der Waals surface area (Å²) in [6.45, 7) is 4.21. The molecule has 1 atom stereocenters. The molecule has 0 radical (unpaired) electrons. The molecule has 0 saturated carbocycles. The van der Waals surface area contributed by atoms with Crippen LogP contribution in [0.1, 0.15) is 37.3 Å². The van der Waals surface area contributed by atoms with Crippen molar-refractivity contribution in [2.45, 2.75) is 45.1 Å². The molecule has 0 bridgehead atoms. The second-order valence-corrected chi connectivity index (χ2v) is 5.48. The van der Waals surface area contributed by atoms with E-state index in [1.165, 1.54) is 43.2 Å². The summed E-state index contributed by atoms with van der Waals surface area (Å²) in [6, 6.07) is 9.47. The van der Waals surface area contributed by atoms with Gasteiger partial charge in [-0.3, -0.25) is 0 Å². The number of nitrogens with two attached hydrogens (primary N) is 1. The molecule has 100 valence electrons. The molecule has 0 fully saturated rings. The molecule has 3 N–H and O–H groups in total. The average molecular weight is 246 g/mol. The molecule has 0 heterocycles. The van der Waals surface area contributed by atoms with Gasteiger partial charge in [-0.2, -0.15) is 0 Å². The highest BCUT2D eigenvalue weighted by atomic mass is 14.9. The highest BCUT2D eigenvalue weighted by molar-refractivity contribution is 5.33. The number of rotatable bonds is 7. The minimum atomic E-state index is 0.653. The fourth-order valence-corrected chi connectivity index (χ4v) is 2.89. The molecule has 1 aromatic rings. The van der Waals surface area contributed by atoms with E-state index in [1.54, 1.807) is 0 Å². The van der Waals surface area contributed by atoms with E-state index in [0.29, 0.717) is 12.0 Å². The van der Waals surface area contributed by atoms with Crippen LogP contribution in [-0.4, -0.2) is 19.1 Å². The second-order valence-electron chi connectivity index (χ2n) is 5.48. The zero-order valence-corrected chi connectivity index (χ0v) is 11.5. The van der Waals surface area contributed by atoms with Gasteiger partial charge >= 0.3 is 0 Å². The topological polar surface area (TPSA) is 38.0 Å². The van der Waals surface area contributed by atoms with Crippen LogP contribution in [0.2, 0.25) is 0 Å². The third kappa shape index (κ3) is 3.56. The summed E-state index contributed by atoms with van der Waals surface area (Å²) in [5.74, 6) is 0.715. The average Bonchev–Trinajstić information content (AvgIpc) is 2.81. The molecule has 1 aliphatic carbocycles. The Kier molecular flexibility index (Phi) is 5.21. The van der Waals surface area contributed by atoms with Crippen LogP contribution >= 0.6 is 0 Å². The van der Waals surface area contributed by atoms with Crippen LogP contribution in [-0.2, 0) is 12.8 Å². The van der Waals surface area contributed by atoms with Crippen LogP contribution in [0.4, 0.5) is 0 Å². The molecule has 1 unspecified atom stereocenters. The van der Waals surface area contributed by atoms with Crippen molar-refractivity contribution in [3.05, 3.63) is 35.4 Å². The maximum Gasteiger partial charge on any atom is 0.0148 e. The lowest BCUT2D eigenvalue weighted by Gasteiger charge is -2.14. The van der Waals surface area contributed by atoms with E-state index in [0.717, 1.165) is 13.1 Å². The van der Waals surface area contributed by atoms with Crippen LogP contribution in [0.25, 0.3) is 0 Å². The van der Waals surface area contributed by atoms with Gasteiger partial charge in [0.1, 0.15) is 0 Å². The van der Waals surface area contributed by atoms with Crippen LogP contribution in [0.15, 0.2) is 24.3 Å². The maximum absolute atomic E-state index is 5.72. The molecule has 0 aromatic heterocycles. The summed E-state index contributed by atoms with van der Waals surface area (Å²) in [5, 5.41) is 3.69. The smallest absolute Gasteiger partial charge is 0.0148 e. The van der Waals surface area contributed by atoms with E-state index >= 15 is 0 Å². The van der Waals surface area contributed by atoms with Crippen molar-refractivity contribution in [3.8, 4) is 0 Å². The highest BCUT2D eigenvalue weighted by Crippen LogP contribution is 2.21. The molecular weight excluding hydrogens is 220 g/mol. The van der Waals surface area contributed by atoms with Gasteiger partial charge in [-0.25, -0.2) is 0 Å². The first-order valence-corrected chi connectivity index (χ1v) is 7.33. The maximum atomic E-state index is 5.72. The van der Waals surface area contributed by atoms with Gasteiger partial charge in [-0.1, -0.05) is 37.6 Å². The van der Waals surface area contributed by atoms with Gasteiger partial charge in [-0.05, 0) is 55.8 Å². The van der Waals surface area contributed by atoms with Crippen LogP contribution in [0.5, 0.6) is 0 Å². The third-order valence-corrected chi connectivity index (χ3v) is 4.18. The molecule has 18 heavy (non-hydrogen) atoms. The van der Waals surface area contributed by atoms with Gasteiger partial charge in [-0.15, -0.1) is 0 Å². The van der Waals surface area contributed by atoms with E-state index in [4.69, 9.17) is 5.73 Å². The summed E-state index contributed by atoms with van der Waals surface area (Å²) >= 11 is 0. The third-order valence-electron chi connectivity index (χ3n) is 4.18. The Morgan fingerprint density at radius 3 is 2.50 bits per heavy atom. The van der Waals surface area contributed by atoms with Gasteiger partial charge in [0.2, 0.25) is 0 Å². The Hall–Kier alpha value is -0.860. The molecule has 1 aliphatic rings. The van der Waals surface area contributed by atoms with Crippen molar-refractivity contribution in [3.63, 3.8) is 0 Å². The number of benzene rings is 1. The van der Waals surface area contributed by atoms with Gasteiger partial charge in [0.15, 0.2) is 0 Å². The van der Waals surface area contributed by atoms with E-state index in [-0.39, 0.29) is 0 Å². The minimum Gasteiger partial charge on any atom is -0.330 e. The van der Waals surface area contributed by atoms with Crippen molar-refractivity contribution < 1.29 is 0 Å². The summed E-state index contributed by atoms with van der Waals surface area (Å²) < 4.78 is 0. The lowest BCUT2D eigenvalue weighted by Crippen LogP contribution is -2.30. The quantitative estimate of drug-likeness (QED) is 0.726. The largest absolute Gasteiger partial charge is 0.330 e. The summed E-state index contributed by atoms with van der Waals surface area (Å²) in [7, 11) is 0. The normalized spacial score (nSPS) is 16.8. The lowest BCUT2D eigenvalue weighted by atomic mass is 10.0. The summed E-state index contributed by atoms with van der Waals surface area (Å²) in [4.78, 5) is 0. The number of fused-ring (bicyclic) bond motifs is 1. The molecule has 0 saturated heterocycles. The number of hydrogen-bond donors (Lipinski definition) is 2. The fourth-order valence-electron chi connectivity index (χ4n) is 2.89. The molecule has 0 aliphatic heterocycles. The van der Waals surface area contributed by atoms with Crippen molar-refractivity contribution in [2.24, 2.45) is 11.7 Å². The Bertz CT molecular complexity index is 333. The molecule has 0 amide bonds. The first-order valence-electron chi connectivity index (χ1n) is 7.33. The summed E-state index contributed by atoms with van der Waals surface area (Å²) in [6.07, 6.45) is 6.13. The van der Waals surface area contributed by atoms with Crippen molar-refractivity contribution >= 4 is 0 Å². The Labute approximate surface area is 111 Å². The van der Waals surface area contributed by atoms with E-state index in [2.05, 4.69) is 36.5 Å². The predicted octanol–water partition coefficient (Wildman–Crippen LogP) is 2.51. The van der Waals surface area contributed by atoms with Crippen molar-refractivity contribution in [1.82, 2.24) is 5.32 Å². The van der Waals surface area contributed by atoms with Gasteiger partial charge in [0.25, 0.3) is 0 Å². The van der Waals surface area contributed by atoms with Gasteiger partial charge < -0.3 is 11.1 Å². The first-order chi connectivity index (χ1) is 8.83. The molecule has 2 rings (SSSR count). The molecule has 2 nitrogen and oxygen atoms in total. The molecule has 0 spiro atoms. The van der Waals surface area contributed by atoms with Crippen LogP contribution in [0, 0.1) is 5.92 Å². The molecule has 1 aromatic carbocycles. The summed E-state index contributed by atoms with van der Waals surface area (Å²) in [5.41, 5.74) is 8.79. The first kappa shape index (κ1) is 13.6. The Balaban J connectivity index is 1.65. The zero-order valence-electron chi connectivity index (χ0n) is 11.5. The Morgan fingerprint density at radius 1 is 1.28 bits per heavy atom. The van der Waals surface area contributed by atoms with E-state index in [9.17, 15) is 0 Å². The van der Waals surface area contributed by atoms with Gasteiger partial charge in [0, 0.05) is 6.04 Å². The second kappa shape index (κ2) is 6.91. The monoisotopic (exact) mass is 246 g/mol. The van der Waals surface area contributed by atoms with E-state index in [1.807, 2.05) is 0 Å². The standard InChI is InChI=1S/C16H26N2/c1-2-13(12-17)6-5-9-18-16-10-14-7-3-4-8-15(14)11-16/h3-4,7-8,13,16,18H,2,5-6,9-12,17H2,1H3. The Morgan fingerprint density at radius 2 is 1.94 bits per heavy atom. The van der Waals surface area contributed by atoms with Gasteiger partial charge in [0.05, 0.1) is 0 Å². The number of hydrogen-bond acceptors (Lipinski definition) is 2. The van der Waals surface area contributed by atoms with Crippen molar-refractivity contribution in [2.75, 3.05) is 13.1 Å². The lowest BCUT2D eigenvalue weighted by molar-refractivity contribution is 0.437. The fraction of sp³-hybridized carbons (Fsp3) is 0.625. The van der Waals surface area contributed by atoms with Crippen LogP contribution < -0.4 is 11.1 Å². The molecule has 2 heteroatoms. The molecular formula is C16H26N2. The number of nitrogens with one attached hydrogen (secondary N) is 1. The minimum absolute atomic E-state index is 0.653. The van der Waals surface area contributed by atoms with Crippen LogP contribution in [0.3, 0.4) is 0 Å².